The molecule has 216 valence electrons. The molecule has 0 saturated carbocycles. The van der Waals surface area contributed by atoms with Gasteiger partial charge in [0, 0.05) is 12.0 Å². The van der Waals surface area contributed by atoms with Gasteiger partial charge < -0.3 is 19.3 Å². The number of Topliss-reactive ketones (excluding diaryl/α,β-unsaturated/α-hetero) is 1. The number of ketones is 1. The van der Waals surface area contributed by atoms with Crippen molar-refractivity contribution in [3.63, 3.8) is 0 Å². The topological polar surface area (TPSA) is 98.2 Å². The molecule has 6 rings (SSSR count). The first-order chi connectivity index (χ1) is 20.3. The highest BCUT2D eigenvalue weighted by Crippen LogP contribution is 2.46. The molecule has 9 heteroatoms. The number of aliphatic hydroxyl groups excluding tert-OH is 1. The molecular weight excluding hydrogens is 552 g/mol. The van der Waals surface area contributed by atoms with Crippen molar-refractivity contribution in [3.8, 4) is 17.2 Å². The lowest BCUT2D eigenvalue weighted by Gasteiger charge is -2.24. The number of anilines is 1. The summed E-state index contributed by atoms with van der Waals surface area (Å²) in [4.78, 5) is 33.6. The Morgan fingerprint density at radius 1 is 1.07 bits per heavy atom. The second kappa shape index (κ2) is 11.1. The molecule has 1 fully saturated rings. The minimum atomic E-state index is -0.936. The summed E-state index contributed by atoms with van der Waals surface area (Å²) in [5.74, 6) is 0.0524. The number of ether oxygens (including phenoxy) is 3. The number of hydrogen-bond donors (Lipinski definition) is 1. The molecule has 1 amide bonds. The molecule has 3 aromatic carbocycles. The van der Waals surface area contributed by atoms with Crippen molar-refractivity contribution >= 4 is 44.1 Å². The summed E-state index contributed by atoms with van der Waals surface area (Å²) in [7, 11) is 0. The Morgan fingerprint density at radius 3 is 2.69 bits per heavy atom. The fourth-order valence-corrected chi connectivity index (χ4v) is 6.58. The van der Waals surface area contributed by atoms with Gasteiger partial charge in [0.25, 0.3) is 5.78 Å². The van der Waals surface area contributed by atoms with E-state index in [9.17, 15) is 14.7 Å². The minimum Gasteiger partial charge on any atom is -0.507 e. The molecule has 2 unspecified atom stereocenters. The van der Waals surface area contributed by atoms with Crippen LogP contribution in [0.2, 0.25) is 0 Å². The Bertz CT molecular complexity index is 1740. The van der Waals surface area contributed by atoms with Crippen LogP contribution in [0.5, 0.6) is 17.2 Å². The van der Waals surface area contributed by atoms with E-state index >= 15 is 0 Å². The monoisotopic (exact) mass is 584 g/mol. The fourth-order valence-electron chi connectivity index (χ4n) is 5.49. The Kier molecular flexibility index (Phi) is 7.36. The van der Waals surface area contributed by atoms with Crippen LogP contribution in [-0.2, 0) is 16.0 Å². The third kappa shape index (κ3) is 4.87. The van der Waals surface area contributed by atoms with Crippen LogP contribution < -0.4 is 19.1 Å². The number of aliphatic hydroxyl groups is 1. The van der Waals surface area contributed by atoms with E-state index in [1.54, 1.807) is 30.3 Å². The van der Waals surface area contributed by atoms with E-state index in [0.29, 0.717) is 47.4 Å². The number of carbonyl (C=O) groups excluding carboxylic acids is 2. The Morgan fingerprint density at radius 2 is 1.90 bits per heavy atom. The average molecular weight is 585 g/mol. The van der Waals surface area contributed by atoms with Crippen molar-refractivity contribution in [1.29, 1.82) is 0 Å². The summed E-state index contributed by atoms with van der Waals surface area (Å²) in [5.41, 5.74) is 3.77. The first-order valence-electron chi connectivity index (χ1n) is 14.2. The Labute approximate surface area is 248 Å². The fraction of sp³-hybridized carbons (Fsp3) is 0.303. The van der Waals surface area contributed by atoms with Gasteiger partial charge in [-0.1, -0.05) is 30.4 Å². The van der Waals surface area contributed by atoms with Crippen LogP contribution >= 0.6 is 11.3 Å². The largest absolute Gasteiger partial charge is 0.507 e. The second-order valence-corrected chi connectivity index (χ2v) is 11.6. The molecule has 1 N–H and O–H groups in total. The van der Waals surface area contributed by atoms with Crippen LogP contribution in [0.1, 0.15) is 55.5 Å². The summed E-state index contributed by atoms with van der Waals surface area (Å²) >= 11 is 1.33. The van der Waals surface area contributed by atoms with Crippen LogP contribution in [0.3, 0.4) is 0 Å². The summed E-state index contributed by atoms with van der Waals surface area (Å²) in [5, 5.41) is 12.1. The normalized spacial score (nSPS) is 19.3. The predicted octanol–water partition coefficient (Wildman–Crippen LogP) is 6.74. The highest BCUT2D eigenvalue weighted by atomic mass is 32.1. The first-order valence-corrected chi connectivity index (χ1v) is 15.0. The third-order valence-electron chi connectivity index (χ3n) is 7.40. The molecule has 1 aromatic heterocycles. The van der Waals surface area contributed by atoms with Crippen molar-refractivity contribution in [1.82, 2.24) is 4.98 Å². The maximum atomic E-state index is 13.8. The quantitative estimate of drug-likeness (QED) is 0.139. The molecule has 2 atom stereocenters. The molecule has 2 aliphatic rings. The lowest BCUT2D eigenvalue weighted by atomic mass is 9.94. The standard InChI is InChI=1S/C33H32N2O6S/c1-5-13-40-25-12-8-20(17-26(25)39-6-2)29-28(30(36)21-9-11-24-22(16-21)15-19(4)41-24)31(37)32(38)35(29)33-34-23-10-7-18(3)14-27(23)42-33/h7-12,14,16-17,19,29,36H,5-6,13,15H2,1-4H3/b30-28-. The van der Waals surface area contributed by atoms with Gasteiger partial charge in [0.15, 0.2) is 16.6 Å². The zero-order chi connectivity index (χ0) is 29.5. The number of aryl methyl sites for hydroxylation is 1. The number of benzene rings is 3. The van der Waals surface area contributed by atoms with Gasteiger partial charge in [0.05, 0.1) is 35.0 Å². The van der Waals surface area contributed by atoms with E-state index in [-0.39, 0.29) is 17.4 Å². The number of carbonyl (C=O) groups is 2. The maximum absolute atomic E-state index is 13.8. The van der Waals surface area contributed by atoms with Gasteiger partial charge in [0.1, 0.15) is 17.6 Å². The zero-order valence-electron chi connectivity index (χ0n) is 24.0. The van der Waals surface area contributed by atoms with Crippen LogP contribution in [0.15, 0.2) is 60.2 Å². The van der Waals surface area contributed by atoms with Crippen molar-refractivity contribution in [2.75, 3.05) is 18.1 Å². The number of rotatable bonds is 8. The Hall–Kier alpha value is -4.37. The SMILES string of the molecule is CCCOc1ccc(C2/C(=C(/O)c3ccc4c(c3)CC(C)O4)C(=O)C(=O)N2c2nc3ccc(C)cc3s2)cc1OCC. The van der Waals surface area contributed by atoms with Crippen molar-refractivity contribution < 1.29 is 28.9 Å². The average Bonchev–Trinajstić information content (AvgIpc) is 3.63. The van der Waals surface area contributed by atoms with Gasteiger partial charge in [-0.3, -0.25) is 14.5 Å². The van der Waals surface area contributed by atoms with Gasteiger partial charge in [0.2, 0.25) is 0 Å². The molecule has 3 heterocycles. The summed E-state index contributed by atoms with van der Waals surface area (Å²) in [6.45, 7) is 8.79. The van der Waals surface area contributed by atoms with Crippen molar-refractivity contribution in [2.45, 2.75) is 52.7 Å². The molecule has 8 nitrogen and oxygen atoms in total. The zero-order valence-corrected chi connectivity index (χ0v) is 24.8. The van der Waals surface area contributed by atoms with Crippen molar-refractivity contribution in [3.05, 3.63) is 82.4 Å². The van der Waals surface area contributed by atoms with Gasteiger partial charge in [-0.05, 0) is 86.3 Å². The van der Waals surface area contributed by atoms with Crippen LogP contribution in [0.4, 0.5) is 5.13 Å². The van der Waals surface area contributed by atoms with E-state index < -0.39 is 17.7 Å². The predicted molar refractivity (Wildman–Crippen MR) is 163 cm³/mol. The maximum Gasteiger partial charge on any atom is 0.301 e. The van der Waals surface area contributed by atoms with Gasteiger partial charge in [-0.15, -0.1) is 0 Å². The Balaban J connectivity index is 1.53. The molecule has 0 bridgehead atoms. The van der Waals surface area contributed by atoms with E-state index in [2.05, 4.69) is 0 Å². The van der Waals surface area contributed by atoms with Crippen LogP contribution in [0, 0.1) is 6.92 Å². The second-order valence-electron chi connectivity index (χ2n) is 10.6. The lowest BCUT2D eigenvalue weighted by Crippen LogP contribution is -2.29. The molecule has 0 spiro atoms. The molecular formula is C33H32N2O6S. The molecule has 4 aromatic rings. The van der Waals surface area contributed by atoms with Gasteiger partial charge in [-0.2, -0.15) is 0 Å². The molecule has 1 saturated heterocycles. The minimum absolute atomic E-state index is 0.00738. The van der Waals surface area contributed by atoms with E-state index in [4.69, 9.17) is 19.2 Å². The number of amides is 1. The number of nitrogens with zero attached hydrogens (tertiary/aromatic N) is 2. The van der Waals surface area contributed by atoms with Gasteiger partial charge in [-0.25, -0.2) is 4.98 Å². The molecule has 0 aliphatic carbocycles. The van der Waals surface area contributed by atoms with E-state index in [0.717, 1.165) is 33.5 Å². The van der Waals surface area contributed by atoms with Crippen LogP contribution in [-0.4, -0.2) is 41.1 Å². The molecule has 42 heavy (non-hydrogen) atoms. The van der Waals surface area contributed by atoms with Gasteiger partial charge >= 0.3 is 5.91 Å². The number of thiazole rings is 1. The summed E-state index contributed by atoms with van der Waals surface area (Å²) in [6, 6.07) is 15.6. The number of hydrogen-bond acceptors (Lipinski definition) is 8. The molecule has 2 aliphatic heterocycles. The summed E-state index contributed by atoms with van der Waals surface area (Å²) < 4.78 is 18.5. The van der Waals surface area contributed by atoms with E-state index in [1.165, 1.54) is 16.2 Å². The van der Waals surface area contributed by atoms with Crippen LogP contribution in [0.25, 0.3) is 16.0 Å². The van der Waals surface area contributed by atoms with Crippen molar-refractivity contribution in [2.24, 2.45) is 0 Å². The number of aromatic nitrogens is 1. The first kappa shape index (κ1) is 27.8. The van der Waals surface area contributed by atoms with E-state index in [1.807, 2.05) is 52.0 Å². The number of fused-ring (bicyclic) bond motifs is 2. The lowest BCUT2D eigenvalue weighted by molar-refractivity contribution is -0.132. The summed E-state index contributed by atoms with van der Waals surface area (Å²) in [6.07, 6.45) is 1.54. The third-order valence-corrected chi connectivity index (χ3v) is 8.42. The smallest absolute Gasteiger partial charge is 0.301 e. The highest BCUT2D eigenvalue weighted by molar-refractivity contribution is 7.22. The highest BCUT2D eigenvalue weighted by Gasteiger charge is 2.48. The molecule has 0 radical (unpaired) electrons.